The Balaban J connectivity index is 2.28. The molecule has 0 bridgehead atoms. The summed E-state index contributed by atoms with van der Waals surface area (Å²) in [5.74, 6) is 1.50. The van der Waals surface area contributed by atoms with Crippen LogP contribution in [0.4, 0.5) is 0 Å². The molecule has 2 rings (SSSR count). The lowest BCUT2D eigenvalue weighted by atomic mass is 10.2. The first-order chi connectivity index (χ1) is 6.90. The molecule has 0 atom stereocenters. The molecule has 3 nitrogen and oxygen atoms in total. The third-order valence-corrected chi connectivity index (χ3v) is 1.93. The Labute approximate surface area is 81.9 Å². The SMILES string of the molecule is O=CC=Cc1ccc2c(c1)OCCO2. The summed E-state index contributed by atoms with van der Waals surface area (Å²) in [7, 11) is 0. The molecule has 0 saturated carbocycles. The highest BCUT2D eigenvalue weighted by molar-refractivity contribution is 5.74. The molecule has 1 aromatic rings. The summed E-state index contributed by atoms with van der Waals surface area (Å²) in [4.78, 5) is 10.1. The zero-order chi connectivity index (χ0) is 9.80. The van der Waals surface area contributed by atoms with Crippen molar-refractivity contribution in [3.8, 4) is 11.5 Å². The van der Waals surface area contributed by atoms with Crippen molar-refractivity contribution in [3.05, 3.63) is 29.8 Å². The van der Waals surface area contributed by atoms with Gasteiger partial charge in [0.25, 0.3) is 0 Å². The van der Waals surface area contributed by atoms with Gasteiger partial charge in [-0.15, -0.1) is 0 Å². The molecule has 0 radical (unpaired) electrons. The van der Waals surface area contributed by atoms with Crippen LogP contribution >= 0.6 is 0 Å². The molecule has 0 spiro atoms. The topological polar surface area (TPSA) is 35.5 Å². The van der Waals surface area contributed by atoms with Crippen LogP contribution in [0.2, 0.25) is 0 Å². The van der Waals surface area contributed by atoms with Crippen LogP contribution in [-0.2, 0) is 4.79 Å². The Kier molecular flexibility index (Phi) is 2.49. The van der Waals surface area contributed by atoms with E-state index in [9.17, 15) is 4.79 Å². The van der Waals surface area contributed by atoms with Gasteiger partial charge in [0.15, 0.2) is 11.5 Å². The lowest BCUT2D eigenvalue weighted by Gasteiger charge is -2.18. The minimum atomic E-state index is 0.577. The average Bonchev–Trinajstić information content (AvgIpc) is 2.26. The summed E-state index contributed by atoms with van der Waals surface area (Å²) in [6.45, 7) is 1.17. The van der Waals surface area contributed by atoms with Crippen molar-refractivity contribution in [1.82, 2.24) is 0 Å². The normalized spacial score (nSPS) is 14.3. The average molecular weight is 190 g/mol. The van der Waals surface area contributed by atoms with Crippen molar-refractivity contribution >= 4 is 12.4 Å². The summed E-state index contributed by atoms with van der Waals surface area (Å²) in [5.41, 5.74) is 0.932. The van der Waals surface area contributed by atoms with E-state index in [4.69, 9.17) is 9.47 Å². The van der Waals surface area contributed by atoms with Crippen LogP contribution in [0.1, 0.15) is 5.56 Å². The minimum Gasteiger partial charge on any atom is -0.486 e. The third kappa shape index (κ3) is 1.76. The van der Waals surface area contributed by atoms with Crippen LogP contribution in [0.3, 0.4) is 0 Å². The molecular weight excluding hydrogens is 180 g/mol. The van der Waals surface area contributed by atoms with Gasteiger partial charge in [-0.05, 0) is 23.8 Å². The molecule has 72 valence electrons. The second-order valence-corrected chi connectivity index (χ2v) is 2.90. The number of hydrogen-bond acceptors (Lipinski definition) is 3. The maximum absolute atomic E-state index is 10.1. The van der Waals surface area contributed by atoms with E-state index >= 15 is 0 Å². The molecule has 0 fully saturated rings. The Bertz CT molecular complexity index is 369. The predicted molar refractivity (Wildman–Crippen MR) is 52.5 cm³/mol. The van der Waals surface area contributed by atoms with E-state index < -0.39 is 0 Å². The third-order valence-electron chi connectivity index (χ3n) is 1.93. The summed E-state index contributed by atoms with van der Waals surface area (Å²) in [6, 6.07) is 5.58. The van der Waals surface area contributed by atoms with Crippen LogP contribution in [0.5, 0.6) is 11.5 Å². The van der Waals surface area contributed by atoms with Crippen molar-refractivity contribution in [2.75, 3.05) is 13.2 Å². The summed E-state index contributed by atoms with van der Waals surface area (Å²) >= 11 is 0. The Morgan fingerprint density at radius 2 is 1.93 bits per heavy atom. The summed E-state index contributed by atoms with van der Waals surface area (Å²) in [5, 5.41) is 0. The molecule has 0 N–H and O–H groups in total. The van der Waals surface area contributed by atoms with Crippen molar-refractivity contribution in [2.45, 2.75) is 0 Å². The summed E-state index contributed by atoms with van der Waals surface area (Å²) < 4.78 is 10.8. The molecule has 1 aliphatic heterocycles. The van der Waals surface area contributed by atoms with E-state index in [1.165, 1.54) is 6.08 Å². The number of rotatable bonds is 2. The number of ether oxygens (including phenoxy) is 2. The van der Waals surface area contributed by atoms with Gasteiger partial charge in [-0.2, -0.15) is 0 Å². The van der Waals surface area contributed by atoms with Crippen molar-refractivity contribution in [1.29, 1.82) is 0 Å². The van der Waals surface area contributed by atoms with Gasteiger partial charge in [-0.1, -0.05) is 12.1 Å². The van der Waals surface area contributed by atoms with Gasteiger partial charge in [0, 0.05) is 0 Å². The Morgan fingerprint density at radius 3 is 2.71 bits per heavy atom. The van der Waals surface area contributed by atoms with E-state index in [0.29, 0.717) is 13.2 Å². The lowest BCUT2D eigenvalue weighted by Crippen LogP contribution is -2.15. The Morgan fingerprint density at radius 1 is 1.14 bits per heavy atom. The number of aldehydes is 1. The molecule has 0 unspecified atom stereocenters. The molecule has 0 aliphatic carbocycles. The molecule has 1 aromatic carbocycles. The standard InChI is InChI=1S/C11H10O3/c12-5-1-2-9-3-4-10-11(8-9)14-7-6-13-10/h1-5,8H,6-7H2. The molecule has 0 amide bonds. The van der Waals surface area contributed by atoms with Crippen LogP contribution < -0.4 is 9.47 Å². The largest absolute Gasteiger partial charge is 0.486 e. The second kappa shape index (κ2) is 3.96. The highest BCUT2D eigenvalue weighted by Crippen LogP contribution is 2.30. The van der Waals surface area contributed by atoms with Crippen molar-refractivity contribution < 1.29 is 14.3 Å². The molecule has 0 saturated heterocycles. The number of allylic oxidation sites excluding steroid dienone is 1. The van der Waals surface area contributed by atoms with Crippen molar-refractivity contribution in [2.24, 2.45) is 0 Å². The first-order valence-electron chi connectivity index (χ1n) is 4.41. The van der Waals surface area contributed by atoms with Gasteiger partial charge >= 0.3 is 0 Å². The van der Waals surface area contributed by atoms with Crippen LogP contribution in [0, 0.1) is 0 Å². The van der Waals surface area contributed by atoms with Crippen LogP contribution in [0.25, 0.3) is 6.08 Å². The van der Waals surface area contributed by atoms with Gasteiger partial charge in [-0.3, -0.25) is 4.79 Å². The van der Waals surface area contributed by atoms with Gasteiger partial charge in [-0.25, -0.2) is 0 Å². The quantitative estimate of drug-likeness (QED) is 0.525. The van der Waals surface area contributed by atoms with E-state index in [1.807, 2.05) is 18.2 Å². The number of fused-ring (bicyclic) bond motifs is 1. The van der Waals surface area contributed by atoms with E-state index in [2.05, 4.69) is 0 Å². The molecular formula is C11H10O3. The van der Waals surface area contributed by atoms with E-state index in [0.717, 1.165) is 23.3 Å². The van der Waals surface area contributed by atoms with E-state index in [-0.39, 0.29) is 0 Å². The fraction of sp³-hybridized carbons (Fsp3) is 0.182. The van der Waals surface area contributed by atoms with Crippen molar-refractivity contribution in [3.63, 3.8) is 0 Å². The number of carbonyl (C=O) groups is 1. The summed E-state index contributed by atoms with van der Waals surface area (Å²) in [6.07, 6.45) is 3.92. The molecule has 0 aromatic heterocycles. The smallest absolute Gasteiger partial charge is 0.161 e. The number of benzene rings is 1. The molecule has 14 heavy (non-hydrogen) atoms. The molecule has 1 heterocycles. The predicted octanol–water partition coefficient (Wildman–Crippen LogP) is 1.67. The Hall–Kier alpha value is -1.77. The second-order valence-electron chi connectivity index (χ2n) is 2.90. The maximum Gasteiger partial charge on any atom is 0.161 e. The lowest BCUT2D eigenvalue weighted by molar-refractivity contribution is -0.104. The molecule has 1 aliphatic rings. The van der Waals surface area contributed by atoms with Gasteiger partial charge in [0.1, 0.15) is 19.5 Å². The first-order valence-corrected chi connectivity index (χ1v) is 4.41. The number of hydrogen-bond donors (Lipinski definition) is 0. The highest BCUT2D eigenvalue weighted by Gasteiger charge is 2.10. The maximum atomic E-state index is 10.1. The first kappa shape index (κ1) is 8.81. The fourth-order valence-electron chi connectivity index (χ4n) is 1.31. The monoisotopic (exact) mass is 190 g/mol. The molecule has 3 heteroatoms. The zero-order valence-electron chi connectivity index (χ0n) is 7.60. The zero-order valence-corrected chi connectivity index (χ0v) is 7.60. The van der Waals surface area contributed by atoms with Crippen LogP contribution in [0.15, 0.2) is 24.3 Å². The van der Waals surface area contributed by atoms with Gasteiger partial charge in [0.05, 0.1) is 0 Å². The van der Waals surface area contributed by atoms with Crippen LogP contribution in [-0.4, -0.2) is 19.5 Å². The van der Waals surface area contributed by atoms with Gasteiger partial charge < -0.3 is 9.47 Å². The number of carbonyl (C=O) groups excluding carboxylic acids is 1. The van der Waals surface area contributed by atoms with Gasteiger partial charge in [0.2, 0.25) is 0 Å². The fourth-order valence-corrected chi connectivity index (χ4v) is 1.31. The minimum absolute atomic E-state index is 0.577. The van der Waals surface area contributed by atoms with E-state index in [1.54, 1.807) is 6.08 Å². The highest BCUT2D eigenvalue weighted by atomic mass is 16.6.